The van der Waals surface area contributed by atoms with Gasteiger partial charge >= 0.3 is 6.18 Å². The molecule has 0 radical (unpaired) electrons. The van der Waals surface area contributed by atoms with Crippen LogP contribution in [0.3, 0.4) is 0 Å². The number of carbonyl (C=O) groups excluding carboxylic acids is 1. The molecule has 23 heavy (non-hydrogen) atoms. The van der Waals surface area contributed by atoms with Crippen LogP contribution in [0.25, 0.3) is 0 Å². The molecule has 1 aromatic rings. The fraction of sp³-hybridized carbons (Fsp3) is 0.417. The molecule has 0 aromatic heterocycles. The molecule has 0 unspecified atom stereocenters. The summed E-state index contributed by atoms with van der Waals surface area (Å²) in [5.41, 5.74) is -0.219. The molecular formula is C12H14BrF3N2O4S. The largest absolute Gasteiger partial charge is 0.405 e. The molecule has 2 N–H and O–H groups in total. The topological polar surface area (TPSA) is 84.5 Å². The van der Waals surface area contributed by atoms with Crippen molar-refractivity contribution >= 4 is 31.9 Å². The fourth-order valence-corrected chi connectivity index (χ4v) is 2.95. The van der Waals surface area contributed by atoms with Crippen LogP contribution >= 0.6 is 15.9 Å². The number of halogens is 4. The second-order valence-corrected chi connectivity index (χ2v) is 6.95. The van der Waals surface area contributed by atoms with Crippen LogP contribution in [-0.4, -0.2) is 47.3 Å². The van der Waals surface area contributed by atoms with Crippen molar-refractivity contribution in [1.29, 1.82) is 0 Å². The van der Waals surface area contributed by atoms with Crippen LogP contribution in [0.5, 0.6) is 0 Å². The zero-order chi connectivity index (χ0) is 17.7. The Morgan fingerprint density at radius 3 is 2.57 bits per heavy atom. The Morgan fingerprint density at radius 2 is 2.00 bits per heavy atom. The predicted octanol–water partition coefficient (Wildman–Crippen LogP) is 1.67. The van der Waals surface area contributed by atoms with E-state index in [4.69, 9.17) is 4.74 Å². The zero-order valence-corrected chi connectivity index (χ0v) is 14.3. The van der Waals surface area contributed by atoms with Crippen LogP contribution in [-0.2, 0) is 14.8 Å². The summed E-state index contributed by atoms with van der Waals surface area (Å²) in [6, 6.07) is 3.48. The number of carbonyl (C=O) groups is 1. The van der Waals surface area contributed by atoms with Crippen molar-refractivity contribution < 1.29 is 31.1 Å². The highest BCUT2D eigenvalue weighted by Gasteiger charge is 2.28. The standard InChI is InChI=1S/C12H14BrF3N2O4S/c1-22-5-4-18-23(20,21)8-2-3-10(13)9(6-8)11(19)17-7-12(14,15)16/h2-3,6,18H,4-5,7H2,1H3,(H,17,19). The maximum atomic E-state index is 12.1. The van der Waals surface area contributed by atoms with Gasteiger partial charge in [0.15, 0.2) is 0 Å². The highest BCUT2D eigenvalue weighted by atomic mass is 79.9. The molecule has 130 valence electrons. The van der Waals surface area contributed by atoms with Gasteiger partial charge in [-0.15, -0.1) is 0 Å². The third-order valence-corrected chi connectivity index (χ3v) is 4.69. The molecule has 11 heteroatoms. The molecule has 1 amide bonds. The first-order valence-corrected chi connectivity index (χ1v) is 8.47. The van der Waals surface area contributed by atoms with Crippen LogP contribution in [0.4, 0.5) is 13.2 Å². The molecule has 0 heterocycles. The normalized spacial score (nSPS) is 12.2. The molecule has 0 spiro atoms. The van der Waals surface area contributed by atoms with E-state index < -0.39 is 28.7 Å². The Kier molecular flexibility index (Phi) is 6.99. The van der Waals surface area contributed by atoms with E-state index in [1.165, 1.54) is 19.2 Å². The number of benzene rings is 1. The molecule has 1 rings (SSSR count). The fourth-order valence-electron chi connectivity index (χ4n) is 1.48. The number of alkyl halides is 3. The van der Waals surface area contributed by atoms with Gasteiger partial charge in [-0.2, -0.15) is 13.2 Å². The van der Waals surface area contributed by atoms with Gasteiger partial charge in [0.1, 0.15) is 6.54 Å². The summed E-state index contributed by atoms with van der Waals surface area (Å²) < 4.78 is 67.5. The molecule has 0 bridgehead atoms. The average molecular weight is 419 g/mol. The van der Waals surface area contributed by atoms with Crippen LogP contribution in [0.15, 0.2) is 27.6 Å². The van der Waals surface area contributed by atoms with E-state index >= 15 is 0 Å². The lowest BCUT2D eigenvalue weighted by Crippen LogP contribution is -2.34. The minimum absolute atomic E-state index is 0.0184. The van der Waals surface area contributed by atoms with E-state index in [0.29, 0.717) is 0 Å². The lowest BCUT2D eigenvalue weighted by molar-refractivity contribution is -0.123. The van der Waals surface area contributed by atoms with E-state index in [-0.39, 0.29) is 28.1 Å². The molecule has 1 aromatic carbocycles. The molecule has 0 atom stereocenters. The van der Waals surface area contributed by atoms with Gasteiger partial charge in [0.2, 0.25) is 10.0 Å². The molecule has 0 aliphatic carbocycles. The summed E-state index contributed by atoms with van der Waals surface area (Å²) in [6.07, 6.45) is -4.56. The first-order valence-electron chi connectivity index (χ1n) is 6.20. The number of sulfonamides is 1. The highest BCUT2D eigenvalue weighted by Crippen LogP contribution is 2.21. The van der Waals surface area contributed by atoms with Crippen molar-refractivity contribution in [3.05, 3.63) is 28.2 Å². The number of hydrogen-bond donors (Lipinski definition) is 2. The van der Waals surface area contributed by atoms with E-state index in [9.17, 15) is 26.4 Å². The minimum atomic E-state index is -4.56. The number of ether oxygens (including phenoxy) is 1. The first kappa shape index (κ1) is 19.9. The van der Waals surface area contributed by atoms with Crippen LogP contribution < -0.4 is 10.0 Å². The summed E-state index contributed by atoms with van der Waals surface area (Å²) in [4.78, 5) is 11.5. The number of hydrogen-bond acceptors (Lipinski definition) is 4. The van der Waals surface area contributed by atoms with Crippen molar-refractivity contribution in [2.24, 2.45) is 0 Å². The number of rotatable bonds is 7. The van der Waals surface area contributed by atoms with Gasteiger partial charge in [-0.05, 0) is 34.1 Å². The first-order chi connectivity index (χ1) is 10.6. The Balaban J connectivity index is 2.97. The minimum Gasteiger partial charge on any atom is -0.383 e. The third-order valence-electron chi connectivity index (χ3n) is 2.54. The average Bonchev–Trinajstić information content (AvgIpc) is 2.44. The molecule has 0 saturated carbocycles. The summed E-state index contributed by atoms with van der Waals surface area (Å²) in [5.74, 6) is -1.04. The lowest BCUT2D eigenvalue weighted by atomic mass is 10.2. The maximum Gasteiger partial charge on any atom is 0.405 e. The summed E-state index contributed by atoms with van der Waals surface area (Å²) in [5, 5.41) is 1.68. The number of nitrogens with one attached hydrogen (secondary N) is 2. The van der Waals surface area contributed by atoms with Crippen LogP contribution in [0, 0.1) is 0 Å². The predicted molar refractivity (Wildman–Crippen MR) is 79.6 cm³/mol. The van der Waals surface area contributed by atoms with Gasteiger partial charge in [-0.1, -0.05) is 0 Å². The van der Waals surface area contributed by atoms with Gasteiger partial charge in [-0.25, -0.2) is 13.1 Å². The highest BCUT2D eigenvalue weighted by molar-refractivity contribution is 9.10. The third kappa shape index (κ3) is 6.45. The zero-order valence-electron chi connectivity index (χ0n) is 11.9. The summed E-state index contributed by atoms with van der Waals surface area (Å²) in [7, 11) is -2.50. The molecular weight excluding hydrogens is 405 g/mol. The molecule has 0 aliphatic heterocycles. The van der Waals surface area contributed by atoms with Crippen molar-refractivity contribution in [3.63, 3.8) is 0 Å². The van der Waals surface area contributed by atoms with Crippen molar-refractivity contribution in [2.75, 3.05) is 26.8 Å². The molecule has 6 nitrogen and oxygen atoms in total. The van der Waals surface area contributed by atoms with Gasteiger partial charge in [0.05, 0.1) is 17.1 Å². The van der Waals surface area contributed by atoms with Gasteiger partial charge in [-0.3, -0.25) is 4.79 Å². The summed E-state index contributed by atoms with van der Waals surface area (Å²) >= 11 is 3.00. The maximum absolute atomic E-state index is 12.1. The van der Waals surface area contributed by atoms with Crippen molar-refractivity contribution in [2.45, 2.75) is 11.1 Å². The Morgan fingerprint density at radius 1 is 1.35 bits per heavy atom. The lowest BCUT2D eigenvalue weighted by Gasteiger charge is -2.11. The summed E-state index contributed by atoms with van der Waals surface area (Å²) in [6.45, 7) is -1.35. The molecule has 0 saturated heterocycles. The van der Waals surface area contributed by atoms with Crippen molar-refractivity contribution in [1.82, 2.24) is 10.0 Å². The van der Waals surface area contributed by atoms with E-state index in [1.54, 1.807) is 5.32 Å². The second-order valence-electron chi connectivity index (χ2n) is 4.33. The second kappa shape index (κ2) is 8.08. The Bertz CT molecular complexity index is 665. The quantitative estimate of drug-likeness (QED) is 0.659. The van der Waals surface area contributed by atoms with Crippen LogP contribution in [0.1, 0.15) is 10.4 Å². The van der Waals surface area contributed by atoms with Gasteiger partial charge in [0, 0.05) is 18.1 Å². The molecule has 0 aliphatic rings. The molecule has 0 fully saturated rings. The van der Waals surface area contributed by atoms with E-state index in [0.717, 1.165) is 6.07 Å². The Hall–Kier alpha value is -1.17. The van der Waals surface area contributed by atoms with E-state index in [1.807, 2.05) is 0 Å². The smallest absolute Gasteiger partial charge is 0.383 e. The number of amides is 1. The van der Waals surface area contributed by atoms with Gasteiger partial charge < -0.3 is 10.1 Å². The van der Waals surface area contributed by atoms with Crippen molar-refractivity contribution in [3.8, 4) is 0 Å². The monoisotopic (exact) mass is 418 g/mol. The van der Waals surface area contributed by atoms with Crippen LogP contribution in [0.2, 0.25) is 0 Å². The van der Waals surface area contributed by atoms with E-state index in [2.05, 4.69) is 20.7 Å². The SMILES string of the molecule is COCCNS(=O)(=O)c1ccc(Br)c(C(=O)NCC(F)(F)F)c1. The number of methoxy groups -OCH3 is 1. The Labute approximate surface area is 139 Å². The van der Waals surface area contributed by atoms with Gasteiger partial charge in [0.25, 0.3) is 5.91 Å².